The number of thioether (sulfide) groups is 1. The van der Waals surface area contributed by atoms with Crippen molar-refractivity contribution in [3.05, 3.63) is 0 Å². The van der Waals surface area contributed by atoms with Gasteiger partial charge in [-0.2, -0.15) is 11.8 Å². The van der Waals surface area contributed by atoms with Crippen LogP contribution in [-0.4, -0.2) is 35.2 Å². The fraction of sp³-hybridized carbons (Fsp3) is 0.933. The first-order valence-corrected chi connectivity index (χ1v) is 16.3. The lowest BCUT2D eigenvalue weighted by molar-refractivity contribution is -0.143. The standard InChI is InChI=1S/C30H58O4S/c1-2-3-4-5-6-7-8-9-10-11-12-13-14-15-16-17-18-19-20-21-22-23-26-34-30(33)25-28-35-27-24-29(31)32/h2-28H2,1H3,(H,31,32). The van der Waals surface area contributed by atoms with E-state index in [2.05, 4.69) is 6.92 Å². The molecule has 0 saturated carbocycles. The molecule has 0 bridgehead atoms. The van der Waals surface area contributed by atoms with Crippen LogP contribution in [0.3, 0.4) is 0 Å². The maximum atomic E-state index is 11.6. The molecule has 0 aromatic carbocycles. The van der Waals surface area contributed by atoms with Crippen LogP contribution in [0.5, 0.6) is 0 Å². The first-order valence-electron chi connectivity index (χ1n) is 15.1. The Hall–Kier alpha value is -0.710. The summed E-state index contributed by atoms with van der Waals surface area (Å²) in [6.45, 7) is 2.81. The molecule has 4 nitrogen and oxygen atoms in total. The third kappa shape index (κ3) is 31.3. The average molecular weight is 515 g/mol. The van der Waals surface area contributed by atoms with Crippen molar-refractivity contribution in [3.63, 3.8) is 0 Å². The van der Waals surface area contributed by atoms with Gasteiger partial charge >= 0.3 is 11.9 Å². The first kappa shape index (κ1) is 34.3. The molecule has 0 rings (SSSR count). The van der Waals surface area contributed by atoms with E-state index in [0.29, 0.717) is 24.5 Å². The van der Waals surface area contributed by atoms with E-state index in [1.807, 2.05) is 0 Å². The second kappa shape index (κ2) is 29.5. The number of esters is 1. The number of hydrogen-bond donors (Lipinski definition) is 1. The van der Waals surface area contributed by atoms with Gasteiger partial charge in [-0.05, 0) is 6.42 Å². The third-order valence-corrected chi connectivity index (χ3v) is 7.66. The Bertz CT molecular complexity index is 456. The molecule has 0 aliphatic heterocycles. The van der Waals surface area contributed by atoms with E-state index < -0.39 is 5.97 Å². The Morgan fingerprint density at radius 1 is 0.543 bits per heavy atom. The fourth-order valence-corrected chi connectivity index (χ4v) is 5.22. The number of hydrogen-bond acceptors (Lipinski definition) is 4. The molecule has 35 heavy (non-hydrogen) atoms. The maximum absolute atomic E-state index is 11.6. The average Bonchev–Trinajstić information content (AvgIpc) is 2.84. The molecule has 1 N–H and O–H groups in total. The fourth-order valence-electron chi connectivity index (χ4n) is 4.39. The first-order chi connectivity index (χ1) is 17.2. The largest absolute Gasteiger partial charge is 0.481 e. The molecule has 0 aliphatic rings. The van der Waals surface area contributed by atoms with Crippen LogP contribution in [0.25, 0.3) is 0 Å². The number of carbonyl (C=O) groups excluding carboxylic acids is 1. The van der Waals surface area contributed by atoms with Crippen molar-refractivity contribution in [2.24, 2.45) is 0 Å². The van der Waals surface area contributed by atoms with Crippen molar-refractivity contribution in [1.29, 1.82) is 0 Å². The summed E-state index contributed by atoms with van der Waals surface area (Å²) in [6.07, 6.45) is 30.8. The highest BCUT2D eigenvalue weighted by molar-refractivity contribution is 7.99. The minimum absolute atomic E-state index is 0.152. The summed E-state index contributed by atoms with van der Waals surface area (Å²) in [4.78, 5) is 22.0. The molecule has 0 aromatic heterocycles. The molecule has 5 heteroatoms. The summed E-state index contributed by atoms with van der Waals surface area (Å²) >= 11 is 1.50. The highest BCUT2D eigenvalue weighted by atomic mass is 32.2. The zero-order chi connectivity index (χ0) is 25.7. The lowest BCUT2D eigenvalue weighted by atomic mass is 10.0. The smallest absolute Gasteiger partial charge is 0.306 e. The summed E-state index contributed by atoms with van der Waals surface area (Å²) < 4.78 is 5.24. The van der Waals surface area contributed by atoms with Gasteiger partial charge in [-0.3, -0.25) is 9.59 Å². The Kier molecular flexibility index (Phi) is 28.9. The van der Waals surface area contributed by atoms with Crippen molar-refractivity contribution < 1.29 is 19.4 Å². The van der Waals surface area contributed by atoms with Gasteiger partial charge < -0.3 is 9.84 Å². The van der Waals surface area contributed by atoms with Crippen LogP contribution < -0.4 is 0 Å². The minimum atomic E-state index is -0.787. The molecule has 0 saturated heterocycles. The van der Waals surface area contributed by atoms with Crippen LogP contribution in [0.4, 0.5) is 0 Å². The molecule has 0 fully saturated rings. The van der Waals surface area contributed by atoms with E-state index in [9.17, 15) is 9.59 Å². The Labute approximate surface area is 222 Å². The molecule has 208 valence electrons. The molecular weight excluding hydrogens is 456 g/mol. The molecule has 0 radical (unpaired) electrons. The summed E-state index contributed by atoms with van der Waals surface area (Å²) in [5.41, 5.74) is 0. The normalized spacial score (nSPS) is 11.1. The van der Waals surface area contributed by atoms with Gasteiger partial charge in [-0.15, -0.1) is 0 Å². The van der Waals surface area contributed by atoms with Gasteiger partial charge in [-0.25, -0.2) is 0 Å². The zero-order valence-electron chi connectivity index (χ0n) is 23.2. The van der Waals surface area contributed by atoms with Gasteiger partial charge in [0, 0.05) is 11.5 Å². The lowest BCUT2D eigenvalue weighted by Crippen LogP contribution is -2.07. The van der Waals surface area contributed by atoms with E-state index >= 15 is 0 Å². The van der Waals surface area contributed by atoms with Gasteiger partial charge in [0.2, 0.25) is 0 Å². The molecule has 0 unspecified atom stereocenters. The van der Waals surface area contributed by atoms with Gasteiger partial charge in [-0.1, -0.05) is 142 Å². The molecule has 0 amide bonds. The van der Waals surface area contributed by atoms with Crippen LogP contribution in [0.2, 0.25) is 0 Å². The second-order valence-electron chi connectivity index (χ2n) is 10.2. The van der Waals surface area contributed by atoms with Crippen molar-refractivity contribution in [2.75, 3.05) is 18.1 Å². The number of carbonyl (C=O) groups is 2. The van der Waals surface area contributed by atoms with Gasteiger partial charge in [0.05, 0.1) is 19.4 Å². The topological polar surface area (TPSA) is 63.6 Å². The number of ether oxygens (including phenoxy) is 1. The van der Waals surface area contributed by atoms with Crippen molar-refractivity contribution in [1.82, 2.24) is 0 Å². The number of unbranched alkanes of at least 4 members (excludes halogenated alkanes) is 21. The summed E-state index contributed by atoms with van der Waals surface area (Å²) in [6, 6.07) is 0. The summed E-state index contributed by atoms with van der Waals surface area (Å²) in [5.74, 6) is 0.259. The van der Waals surface area contributed by atoms with E-state index in [1.165, 1.54) is 140 Å². The van der Waals surface area contributed by atoms with Gasteiger partial charge in [0.1, 0.15) is 0 Å². The molecule has 0 aromatic rings. The SMILES string of the molecule is CCCCCCCCCCCCCCCCCCCCCCCCOC(=O)CCSCCC(=O)O. The van der Waals surface area contributed by atoms with E-state index in [-0.39, 0.29) is 12.4 Å². The van der Waals surface area contributed by atoms with Crippen LogP contribution in [0.1, 0.15) is 161 Å². The van der Waals surface area contributed by atoms with Crippen molar-refractivity contribution >= 4 is 23.7 Å². The molecule has 0 heterocycles. The van der Waals surface area contributed by atoms with E-state index in [4.69, 9.17) is 9.84 Å². The Morgan fingerprint density at radius 2 is 0.886 bits per heavy atom. The maximum Gasteiger partial charge on any atom is 0.306 e. The molecular formula is C30H58O4S. The van der Waals surface area contributed by atoms with Gasteiger partial charge in [0.15, 0.2) is 0 Å². The van der Waals surface area contributed by atoms with Crippen molar-refractivity contribution in [3.8, 4) is 0 Å². The lowest BCUT2D eigenvalue weighted by Gasteiger charge is -2.05. The highest BCUT2D eigenvalue weighted by Crippen LogP contribution is 2.15. The van der Waals surface area contributed by atoms with E-state index in [0.717, 1.165) is 12.8 Å². The molecule has 0 aliphatic carbocycles. The summed E-state index contributed by atoms with van der Waals surface area (Å²) in [5, 5.41) is 8.56. The zero-order valence-corrected chi connectivity index (χ0v) is 24.0. The Balaban J connectivity index is 3.11. The number of aliphatic carboxylic acids is 1. The molecule has 0 atom stereocenters. The quantitative estimate of drug-likeness (QED) is 0.0794. The number of carboxylic acids is 1. The van der Waals surface area contributed by atoms with Crippen molar-refractivity contribution in [2.45, 2.75) is 161 Å². The van der Waals surface area contributed by atoms with Crippen LogP contribution in [-0.2, 0) is 14.3 Å². The predicted octanol–water partition coefficient (Wildman–Crippen LogP) is 9.73. The molecule has 0 spiro atoms. The minimum Gasteiger partial charge on any atom is -0.481 e. The predicted molar refractivity (Wildman–Crippen MR) is 152 cm³/mol. The second-order valence-corrected chi connectivity index (χ2v) is 11.4. The van der Waals surface area contributed by atoms with Crippen LogP contribution in [0, 0.1) is 0 Å². The highest BCUT2D eigenvalue weighted by Gasteiger charge is 2.04. The monoisotopic (exact) mass is 514 g/mol. The third-order valence-electron chi connectivity index (χ3n) is 6.67. The van der Waals surface area contributed by atoms with Crippen LogP contribution >= 0.6 is 11.8 Å². The summed E-state index contributed by atoms with van der Waals surface area (Å²) in [7, 11) is 0. The number of carboxylic acid groups (broad SMARTS) is 1. The van der Waals surface area contributed by atoms with Gasteiger partial charge in [0.25, 0.3) is 0 Å². The van der Waals surface area contributed by atoms with E-state index in [1.54, 1.807) is 0 Å². The van der Waals surface area contributed by atoms with Crippen LogP contribution in [0.15, 0.2) is 0 Å². The number of rotatable bonds is 29. The Morgan fingerprint density at radius 3 is 1.26 bits per heavy atom.